The second kappa shape index (κ2) is 6.11. The quantitative estimate of drug-likeness (QED) is 0.772. The Hall–Kier alpha value is -0.120. The van der Waals surface area contributed by atoms with Crippen molar-refractivity contribution >= 4 is 0 Å². The van der Waals surface area contributed by atoms with E-state index in [1.807, 2.05) is 0 Å². The zero-order chi connectivity index (χ0) is 14.2. The van der Waals surface area contributed by atoms with E-state index < -0.39 is 0 Å². The Balaban J connectivity index is 1.80. The van der Waals surface area contributed by atoms with Crippen LogP contribution in [0.5, 0.6) is 0 Å². The van der Waals surface area contributed by atoms with Crippen LogP contribution in [0.2, 0.25) is 0 Å². The average Bonchev–Trinajstić information content (AvgIpc) is 2.25. The first-order valence-electron chi connectivity index (χ1n) is 8.12. The Morgan fingerprint density at radius 3 is 2.00 bits per heavy atom. The van der Waals surface area contributed by atoms with Crippen molar-refractivity contribution in [1.82, 2.24) is 14.7 Å². The van der Waals surface area contributed by atoms with Crippen LogP contribution in [0.1, 0.15) is 41.5 Å². The van der Waals surface area contributed by atoms with E-state index in [-0.39, 0.29) is 0 Å². The van der Waals surface area contributed by atoms with Crippen molar-refractivity contribution in [3.05, 3.63) is 0 Å². The Morgan fingerprint density at radius 1 is 0.842 bits per heavy atom. The molecule has 0 amide bonds. The highest BCUT2D eigenvalue weighted by Gasteiger charge is 2.35. The molecule has 0 aliphatic carbocycles. The fraction of sp³-hybridized carbons (Fsp3) is 1.00. The van der Waals surface area contributed by atoms with E-state index in [4.69, 9.17) is 0 Å². The van der Waals surface area contributed by atoms with Crippen molar-refractivity contribution < 1.29 is 0 Å². The summed E-state index contributed by atoms with van der Waals surface area (Å²) in [6.45, 7) is 20.5. The van der Waals surface area contributed by atoms with E-state index in [0.29, 0.717) is 18.1 Å². The Kier molecular flexibility index (Phi) is 4.91. The summed E-state index contributed by atoms with van der Waals surface area (Å²) in [6, 6.07) is 2.83. The van der Waals surface area contributed by atoms with Gasteiger partial charge >= 0.3 is 0 Å². The molecule has 2 unspecified atom stereocenters. The van der Waals surface area contributed by atoms with Gasteiger partial charge in [0.15, 0.2) is 0 Å². The first-order chi connectivity index (χ1) is 8.88. The molecule has 0 aromatic heterocycles. The highest BCUT2D eigenvalue weighted by Crippen LogP contribution is 2.23. The molecule has 3 nitrogen and oxygen atoms in total. The lowest BCUT2D eigenvalue weighted by molar-refractivity contribution is -0.0152. The molecule has 112 valence electrons. The van der Waals surface area contributed by atoms with Gasteiger partial charge in [-0.2, -0.15) is 0 Å². The molecule has 19 heavy (non-hydrogen) atoms. The molecule has 2 saturated heterocycles. The van der Waals surface area contributed by atoms with Crippen molar-refractivity contribution in [2.24, 2.45) is 5.92 Å². The fourth-order valence-corrected chi connectivity index (χ4v) is 3.68. The number of rotatable bonds is 4. The molecule has 2 heterocycles. The molecule has 0 saturated carbocycles. The molecule has 0 bridgehead atoms. The van der Waals surface area contributed by atoms with E-state index in [0.717, 1.165) is 12.0 Å². The number of hydrogen-bond donors (Lipinski definition) is 0. The molecule has 2 aliphatic heterocycles. The summed E-state index contributed by atoms with van der Waals surface area (Å²) in [4.78, 5) is 7.97. The van der Waals surface area contributed by atoms with Gasteiger partial charge in [-0.15, -0.1) is 0 Å². The first-order valence-corrected chi connectivity index (χ1v) is 8.12. The van der Waals surface area contributed by atoms with Crippen molar-refractivity contribution in [2.45, 2.75) is 65.7 Å². The van der Waals surface area contributed by atoms with Gasteiger partial charge in [-0.1, -0.05) is 0 Å². The molecule has 2 aliphatic rings. The van der Waals surface area contributed by atoms with Gasteiger partial charge in [0, 0.05) is 56.9 Å². The molecule has 3 heteroatoms. The number of likely N-dealkylation sites (tertiary alicyclic amines) is 1. The fourth-order valence-electron chi connectivity index (χ4n) is 3.68. The highest BCUT2D eigenvalue weighted by atomic mass is 15.3. The van der Waals surface area contributed by atoms with Crippen LogP contribution < -0.4 is 0 Å². The molecule has 0 radical (unpaired) electrons. The lowest BCUT2D eigenvalue weighted by Gasteiger charge is -2.50. The van der Waals surface area contributed by atoms with Gasteiger partial charge in [0.05, 0.1) is 0 Å². The minimum absolute atomic E-state index is 0.680. The molecular formula is C16H33N3. The minimum atomic E-state index is 0.680. The lowest BCUT2D eigenvalue weighted by Crippen LogP contribution is -2.61. The second-order valence-corrected chi connectivity index (χ2v) is 7.36. The summed E-state index contributed by atoms with van der Waals surface area (Å²) >= 11 is 0. The van der Waals surface area contributed by atoms with Crippen LogP contribution in [-0.2, 0) is 0 Å². The van der Waals surface area contributed by atoms with Crippen LogP contribution in [0.4, 0.5) is 0 Å². The summed E-state index contributed by atoms with van der Waals surface area (Å²) in [5.41, 5.74) is 0. The van der Waals surface area contributed by atoms with Gasteiger partial charge in [0.2, 0.25) is 0 Å². The van der Waals surface area contributed by atoms with Crippen LogP contribution >= 0.6 is 0 Å². The van der Waals surface area contributed by atoms with Crippen molar-refractivity contribution in [2.75, 3.05) is 32.7 Å². The van der Waals surface area contributed by atoms with Crippen LogP contribution in [0.15, 0.2) is 0 Å². The zero-order valence-corrected chi connectivity index (χ0v) is 13.8. The summed E-state index contributed by atoms with van der Waals surface area (Å²) in [7, 11) is 0. The molecule has 2 atom stereocenters. The molecule has 0 N–H and O–H groups in total. The second-order valence-electron chi connectivity index (χ2n) is 7.36. The molecule has 0 spiro atoms. The van der Waals surface area contributed by atoms with Crippen LogP contribution in [0.3, 0.4) is 0 Å². The summed E-state index contributed by atoms with van der Waals surface area (Å²) in [6.07, 6.45) is 0. The van der Waals surface area contributed by atoms with E-state index in [9.17, 15) is 0 Å². The third-order valence-electron chi connectivity index (χ3n) is 5.03. The Bertz CT molecular complexity index is 284. The Labute approximate surface area is 119 Å². The Morgan fingerprint density at radius 2 is 1.47 bits per heavy atom. The summed E-state index contributed by atoms with van der Waals surface area (Å²) in [5, 5.41) is 0. The van der Waals surface area contributed by atoms with E-state index in [2.05, 4.69) is 56.2 Å². The molecule has 0 aromatic rings. The highest BCUT2D eigenvalue weighted by molar-refractivity contribution is 4.90. The monoisotopic (exact) mass is 267 g/mol. The third kappa shape index (κ3) is 3.50. The van der Waals surface area contributed by atoms with Gasteiger partial charge in [-0.25, -0.2) is 0 Å². The summed E-state index contributed by atoms with van der Waals surface area (Å²) in [5.74, 6) is 0.905. The SMILES string of the molecule is CC(C)N1CC(CN2CC(C)N(C(C)C)CC2C)C1. The van der Waals surface area contributed by atoms with Gasteiger partial charge < -0.3 is 4.90 Å². The predicted molar refractivity (Wildman–Crippen MR) is 82.5 cm³/mol. The van der Waals surface area contributed by atoms with E-state index in [1.165, 1.54) is 32.7 Å². The third-order valence-corrected chi connectivity index (χ3v) is 5.03. The van der Waals surface area contributed by atoms with E-state index in [1.54, 1.807) is 0 Å². The van der Waals surface area contributed by atoms with Gasteiger partial charge in [0.25, 0.3) is 0 Å². The largest absolute Gasteiger partial charge is 0.300 e. The van der Waals surface area contributed by atoms with Gasteiger partial charge in [-0.05, 0) is 47.5 Å². The molecule has 2 fully saturated rings. The standard InChI is InChI=1S/C16H33N3/c1-12(2)17-9-16(10-17)11-18-7-15(6)19(13(3)4)8-14(18)5/h12-16H,7-11H2,1-6H3. The van der Waals surface area contributed by atoms with Crippen molar-refractivity contribution in [3.8, 4) is 0 Å². The maximum Gasteiger partial charge on any atom is 0.0198 e. The number of nitrogens with zero attached hydrogens (tertiary/aromatic N) is 3. The maximum atomic E-state index is 2.73. The van der Waals surface area contributed by atoms with Crippen LogP contribution in [0.25, 0.3) is 0 Å². The molecule has 2 rings (SSSR count). The van der Waals surface area contributed by atoms with Crippen molar-refractivity contribution in [1.29, 1.82) is 0 Å². The molecular weight excluding hydrogens is 234 g/mol. The molecule has 0 aromatic carbocycles. The predicted octanol–water partition coefficient (Wildman–Crippen LogP) is 2.13. The number of hydrogen-bond acceptors (Lipinski definition) is 3. The zero-order valence-electron chi connectivity index (χ0n) is 13.8. The normalized spacial score (nSPS) is 32.2. The average molecular weight is 267 g/mol. The van der Waals surface area contributed by atoms with Crippen LogP contribution in [-0.4, -0.2) is 71.6 Å². The summed E-state index contributed by atoms with van der Waals surface area (Å²) < 4.78 is 0. The topological polar surface area (TPSA) is 9.72 Å². The lowest BCUT2D eigenvalue weighted by atomic mass is 9.95. The first kappa shape index (κ1) is 15.3. The van der Waals surface area contributed by atoms with Gasteiger partial charge in [0.1, 0.15) is 0 Å². The smallest absolute Gasteiger partial charge is 0.0198 e. The number of piperazine rings is 1. The van der Waals surface area contributed by atoms with E-state index >= 15 is 0 Å². The van der Waals surface area contributed by atoms with Crippen molar-refractivity contribution in [3.63, 3.8) is 0 Å². The minimum Gasteiger partial charge on any atom is -0.300 e. The van der Waals surface area contributed by atoms with Crippen LogP contribution in [0, 0.1) is 5.92 Å². The maximum absolute atomic E-state index is 2.73. The van der Waals surface area contributed by atoms with Gasteiger partial charge in [-0.3, -0.25) is 9.80 Å².